The summed E-state index contributed by atoms with van der Waals surface area (Å²) in [6.45, 7) is 21.0. The Morgan fingerprint density at radius 2 is 0.720 bits per heavy atom. The van der Waals surface area contributed by atoms with Gasteiger partial charge >= 0.3 is 18.3 Å². The number of benzene rings is 6. The SMILES string of the molecule is C.C.CN(CCOc1ccc(/C=C2\CC(=O)NC2=O)cc1)C(=O)OC(C)(C)C.CN(CCOc1ccc(C=O)cc1)C(=O)OC(C)(C)C.CN(CCOc1ccc(CC2CC(=O)NC2=O)cc1)C(=O)CCCCc1ccccc1.CN(CCOc1ccc(CC2CC(=O)NC2=O)cc1)C(=O)OC(C)(C)C.CNCCOc1ccc(CC2CC(=O)NC2=O)cc1.Cl.O=C1CCC(=O)N1. The van der Waals surface area contributed by atoms with Crippen LogP contribution in [0.5, 0.6) is 28.7 Å². The van der Waals surface area contributed by atoms with Gasteiger partial charge in [0, 0.05) is 84.4 Å². The number of rotatable bonds is 33. The molecule has 0 saturated carbocycles. The second kappa shape index (κ2) is 57.2. The largest absolute Gasteiger partial charge is 0.492 e. The molecule has 5 heterocycles. The molecule has 720 valence electrons. The van der Waals surface area contributed by atoms with Crippen molar-refractivity contribution in [2.75, 3.05) is 101 Å². The van der Waals surface area contributed by atoms with Crippen LogP contribution in [-0.4, -0.2) is 227 Å². The van der Waals surface area contributed by atoms with Gasteiger partial charge in [-0.25, -0.2) is 14.4 Å². The lowest BCUT2D eigenvalue weighted by molar-refractivity contribution is -0.130. The zero-order chi connectivity index (χ0) is 94.8. The molecule has 3 unspecified atom stereocenters. The molecule has 0 spiro atoms. The third kappa shape index (κ3) is 45.0. The maximum atomic E-state index is 12.3. The number of nitrogens with one attached hydrogen (secondary N) is 6. The number of aldehydes is 1. The molecule has 5 fully saturated rings. The summed E-state index contributed by atoms with van der Waals surface area (Å²) in [4.78, 5) is 176. The third-order valence-electron chi connectivity index (χ3n) is 19.3. The van der Waals surface area contributed by atoms with Crippen molar-refractivity contribution in [3.63, 3.8) is 0 Å². The molecule has 0 radical (unpaired) electrons. The first-order valence-electron chi connectivity index (χ1n) is 42.8. The van der Waals surface area contributed by atoms with Crippen molar-refractivity contribution in [2.45, 2.75) is 177 Å². The van der Waals surface area contributed by atoms with Crippen molar-refractivity contribution in [3.05, 3.63) is 191 Å². The van der Waals surface area contributed by atoms with Crippen LogP contribution in [0.25, 0.3) is 6.08 Å². The van der Waals surface area contributed by atoms with Gasteiger partial charge in [-0.05, 0) is 215 Å². The quantitative estimate of drug-likeness (QED) is 0.00732. The molecule has 5 aliphatic heterocycles. The minimum absolute atomic E-state index is 0. The zero-order valence-electron chi connectivity index (χ0n) is 76.7. The van der Waals surface area contributed by atoms with Crippen molar-refractivity contribution < 1.29 is 110 Å². The van der Waals surface area contributed by atoms with Crippen LogP contribution in [0, 0.1) is 17.8 Å². The van der Waals surface area contributed by atoms with E-state index in [2.05, 4.69) is 44.0 Å². The molecular weight excluding hydrogens is 1720 g/mol. The minimum atomic E-state index is -0.530. The van der Waals surface area contributed by atoms with Crippen molar-refractivity contribution >= 4 is 108 Å². The Hall–Kier alpha value is -13.0. The van der Waals surface area contributed by atoms with Crippen LogP contribution in [-0.2, 0) is 92.6 Å². The van der Waals surface area contributed by atoms with E-state index in [1.807, 2.05) is 160 Å². The van der Waals surface area contributed by atoms with Gasteiger partial charge in [0.05, 0.1) is 50.4 Å². The van der Waals surface area contributed by atoms with E-state index < -0.39 is 22.9 Å². The Bertz CT molecular complexity index is 4750. The van der Waals surface area contributed by atoms with E-state index in [-0.39, 0.29) is 141 Å². The van der Waals surface area contributed by atoms with Crippen LogP contribution in [0.2, 0.25) is 0 Å². The molecule has 0 aliphatic carbocycles. The summed E-state index contributed by atoms with van der Waals surface area (Å²) >= 11 is 0. The lowest BCUT2D eigenvalue weighted by Crippen LogP contribution is -2.36. The first kappa shape index (κ1) is 113. The van der Waals surface area contributed by atoms with E-state index in [4.69, 9.17) is 37.9 Å². The number of aryl methyl sites for hydroxylation is 1. The van der Waals surface area contributed by atoms with Gasteiger partial charge < -0.3 is 62.8 Å². The average molecular weight is 1850 g/mol. The van der Waals surface area contributed by atoms with Gasteiger partial charge in [-0.15, -0.1) is 12.4 Å². The normalized spacial score (nSPS) is 15.5. The number of carbonyl (C=O) groups excluding carboxylic acids is 15. The minimum Gasteiger partial charge on any atom is -0.492 e. The molecule has 34 heteroatoms. The summed E-state index contributed by atoms with van der Waals surface area (Å²) in [6, 6.07) is 46.8. The topological polar surface area (TPSA) is 415 Å². The van der Waals surface area contributed by atoms with Crippen LogP contribution in [0.15, 0.2) is 157 Å². The predicted molar refractivity (Wildman–Crippen MR) is 501 cm³/mol. The standard InChI is InChI=1S/C25H30N2O4.C19H26N2O5.C19H24N2O5.C15H21NO4.C14H18N2O3.C4H5NO2.2CH4.ClH/c1-27(24(29)10-6-5-9-19-7-3-2-4-8-19)15-16-31-22-13-11-20(12-14-22)17-21-18-23(28)26-25(21)30;2*1-19(2,3)26-18(24)21(4)9-10-25-15-7-5-13(6-8-15)11-14-12-16(22)20-17(14)23;1-15(2,3)20-14(18)16(4)9-10-19-13-7-5-12(11-17)6-8-13;1-15-6-7-19-12-4-2-10(3-5-12)8-11-9-13(17)16-14(11)18;6-3-1-2-4(7)5-3;;;/h2-4,7-8,11-14,21H,5-6,9-10,15-18H2,1H3,(H,26,28,30);5-8,14H,9-12H2,1-4H3,(H,20,22,23);5-8,11H,9-10,12H2,1-4H3,(H,20,22,23);5-8,11H,9-10H2,1-4H3;2-5,11,15H,6-9H2,1H3,(H,16,17,18);1-2H2,(H,5,6,7);2*1H4;1H/b;;14-11+;;;;;;. The number of imide groups is 5. The van der Waals surface area contributed by atoms with Crippen molar-refractivity contribution in [3.8, 4) is 28.7 Å². The highest BCUT2D eigenvalue weighted by Gasteiger charge is 2.34. The predicted octanol–water partition coefficient (Wildman–Crippen LogP) is 12.0. The first-order valence-corrected chi connectivity index (χ1v) is 42.8. The highest BCUT2D eigenvalue weighted by Crippen LogP contribution is 2.26. The molecule has 5 saturated heterocycles. The summed E-state index contributed by atoms with van der Waals surface area (Å²) < 4.78 is 43.8. The Balaban J connectivity index is 0.000000418. The fraction of sp³-hybridized carbons (Fsp3) is 0.459. The Morgan fingerprint density at radius 3 is 1.01 bits per heavy atom. The van der Waals surface area contributed by atoms with Crippen LogP contribution in [0.4, 0.5) is 14.4 Å². The number of amides is 14. The molecule has 0 bridgehead atoms. The van der Waals surface area contributed by atoms with E-state index >= 15 is 0 Å². The number of nitrogens with zero attached hydrogens (tertiary/aromatic N) is 4. The molecule has 33 nitrogen and oxygen atoms in total. The summed E-state index contributed by atoms with van der Waals surface area (Å²) in [6.07, 6.45) is 8.03. The molecule has 14 amide bonds. The molecule has 3 atom stereocenters. The fourth-order valence-electron chi connectivity index (χ4n) is 12.3. The average Bonchev–Trinajstić information content (AvgIpc) is 1.72. The maximum absolute atomic E-state index is 12.3. The van der Waals surface area contributed by atoms with Gasteiger partial charge in [0.25, 0.3) is 5.91 Å². The number of carbonyl (C=O) groups is 15. The Kier molecular flexibility index (Phi) is 49.0. The van der Waals surface area contributed by atoms with Crippen molar-refractivity contribution in [1.29, 1.82) is 0 Å². The lowest BCUT2D eigenvalue weighted by Gasteiger charge is -2.24. The van der Waals surface area contributed by atoms with Crippen LogP contribution < -0.4 is 55.6 Å². The van der Waals surface area contributed by atoms with Gasteiger partial charge in [0.1, 0.15) is 84.9 Å². The van der Waals surface area contributed by atoms with Crippen molar-refractivity contribution in [1.82, 2.24) is 51.5 Å². The number of hydrogen-bond acceptors (Lipinski definition) is 24. The molecule has 132 heavy (non-hydrogen) atoms. The summed E-state index contributed by atoms with van der Waals surface area (Å²) in [5.41, 5.74) is 4.60. The van der Waals surface area contributed by atoms with Gasteiger partial charge in [-0.2, -0.15) is 0 Å². The van der Waals surface area contributed by atoms with Gasteiger partial charge in [0.15, 0.2) is 0 Å². The third-order valence-corrected chi connectivity index (χ3v) is 19.3. The first-order chi connectivity index (χ1) is 61.1. The van der Waals surface area contributed by atoms with Gasteiger partial charge in [0.2, 0.25) is 59.1 Å². The van der Waals surface area contributed by atoms with Gasteiger partial charge in [-0.3, -0.25) is 84.1 Å². The molecule has 11 rings (SSSR count). The van der Waals surface area contributed by atoms with Crippen molar-refractivity contribution in [2.24, 2.45) is 17.8 Å². The zero-order valence-corrected chi connectivity index (χ0v) is 77.5. The second-order valence-corrected chi connectivity index (χ2v) is 34.0. The number of hydrogen-bond donors (Lipinski definition) is 6. The van der Waals surface area contributed by atoms with E-state index in [0.717, 1.165) is 65.8 Å². The number of unbranched alkanes of at least 4 members (excludes halogenated alkanes) is 1. The highest BCUT2D eigenvalue weighted by molar-refractivity contribution is 6.15. The van der Waals surface area contributed by atoms with Crippen LogP contribution in [0.3, 0.4) is 0 Å². The molecular formula is C98H133ClN10O23. The summed E-state index contributed by atoms with van der Waals surface area (Å²) in [5, 5.41) is 14.4. The number of ether oxygens (including phenoxy) is 8. The Labute approximate surface area is 780 Å². The van der Waals surface area contributed by atoms with E-state index in [9.17, 15) is 71.9 Å². The fourth-order valence-corrected chi connectivity index (χ4v) is 12.3. The second-order valence-electron chi connectivity index (χ2n) is 34.0. The molecule has 6 N–H and O–H groups in total. The van der Waals surface area contributed by atoms with Crippen LogP contribution in [0.1, 0.15) is 173 Å². The smallest absolute Gasteiger partial charge is 0.410 e. The van der Waals surface area contributed by atoms with E-state index in [1.54, 1.807) is 87.7 Å². The maximum Gasteiger partial charge on any atom is 0.410 e. The molecule has 6 aromatic carbocycles. The Morgan fingerprint density at radius 1 is 0.394 bits per heavy atom. The number of halogens is 1. The monoisotopic (exact) mass is 1850 g/mol. The van der Waals surface area contributed by atoms with Crippen LogP contribution >= 0.6 is 12.4 Å². The highest BCUT2D eigenvalue weighted by atomic mass is 35.5. The molecule has 5 aliphatic rings. The van der Waals surface area contributed by atoms with Gasteiger partial charge in [-0.1, -0.05) is 93.7 Å². The van der Waals surface area contributed by atoms with E-state index in [0.29, 0.717) is 133 Å². The summed E-state index contributed by atoms with van der Waals surface area (Å²) in [5.74, 6) is 0.751. The number of likely N-dealkylation sites (N-methyl/N-ethyl adjacent to an activating group) is 5. The van der Waals surface area contributed by atoms with E-state index in [1.165, 1.54) is 20.3 Å². The molecule has 0 aromatic heterocycles. The lowest BCUT2D eigenvalue weighted by atomic mass is 9.98. The molecule has 6 aromatic rings. The summed E-state index contributed by atoms with van der Waals surface area (Å²) in [7, 11) is 8.66.